The van der Waals surface area contributed by atoms with Crippen LogP contribution in [0.2, 0.25) is 0 Å². The van der Waals surface area contributed by atoms with Crippen molar-refractivity contribution in [3.63, 3.8) is 0 Å². The molecule has 1 amide bonds. The van der Waals surface area contributed by atoms with Crippen molar-refractivity contribution in [1.82, 2.24) is 5.32 Å². The molecule has 1 heterocycles. The third-order valence-corrected chi connectivity index (χ3v) is 3.08. The summed E-state index contributed by atoms with van der Waals surface area (Å²) in [6.45, 7) is 4.27. The number of amides is 1. The SMILES string of the molecule is CC(=O)N[C@@H]1[C@@H](OC(C)=O)O[C@H](COC(C)=O)[C@@H](O)[C@@H]1OC(C)=O. The Hall–Kier alpha value is -2.20. The smallest absolute Gasteiger partial charge is 0.305 e. The molecule has 0 saturated carbocycles. The monoisotopic (exact) mass is 347 g/mol. The van der Waals surface area contributed by atoms with Gasteiger partial charge in [0.1, 0.15) is 24.9 Å². The molecular formula is C14H21NO9. The van der Waals surface area contributed by atoms with E-state index in [0.29, 0.717) is 0 Å². The largest absolute Gasteiger partial charge is 0.463 e. The summed E-state index contributed by atoms with van der Waals surface area (Å²) in [6.07, 6.45) is -5.13. The first-order valence-electron chi connectivity index (χ1n) is 7.20. The van der Waals surface area contributed by atoms with E-state index in [1.807, 2.05) is 0 Å². The van der Waals surface area contributed by atoms with E-state index in [0.717, 1.165) is 13.8 Å². The first-order chi connectivity index (χ1) is 11.1. The number of aliphatic hydroxyl groups is 1. The standard InChI is InChI=1S/C14H21NO9/c1-6(16)15-11-13(22-8(3)18)12(20)10(5-21-7(2)17)24-14(11)23-9(4)19/h10-14,20H,5H2,1-4H3,(H,15,16)/t10-,11+,12-,13-,14+/m1/s1. The van der Waals surface area contributed by atoms with Crippen LogP contribution < -0.4 is 5.32 Å². The number of rotatable bonds is 5. The van der Waals surface area contributed by atoms with Gasteiger partial charge in [0.05, 0.1) is 0 Å². The zero-order valence-corrected chi connectivity index (χ0v) is 13.8. The van der Waals surface area contributed by atoms with Crippen molar-refractivity contribution in [2.24, 2.45) is 0 Å². The molecule has 1 rings (SSSR count). The number of hydrogen-bond acceptors (Lipinski definition) is 9. The summed E-state index contributed by atoms with van der Waals surface area (Å²) >= 11 is 0. The third-order valence-electron chi connectivity index (χ3n) is 3.08. The van der Waals surface area contributed by atoms with Crippen molar-refractivity contribution in [1.29, 1.82) is 0 Å². The third kappa shape index (κ3) is 5.78. The molecule has 10 nitrogen and oxygen atoms in total. The average Bonchev–Trinajstić information content (AvgIpc) is 2.42. The molecule has 1 saturated heterocycles. The second-order valence-electron chi connectivity index (χ2n) is 5.25. The Morgan fingerprint density at radius 1 is 1.00 bits per heavy atom. The molecule has 2 N–H and O–H groups in total. The maximum absolute atomic E-state index is 11.4. The minimum Gasteiger partial charge on any atom is -0.463 e. The van der Waals surface area contributed by atoms with E-state index in [4.69, 9.17) is 18.9 Å². The lowest BCUT2D eigenvalue weighted by Gasteiger charge is -2.43. The fourth-order valence-electron chi connectivity index (χ4n) is 2.24. The lowest BCUT2D eigenvalue weighted by molar-refractivity contribution is -0.267. The van der Waals surface area contributed by atoms with Gasteiger partial charge in [-0.1, -0.05) is 0 Å². The average molecular weight is 347 g/mol. The Balaban J connectivity index is 3.07. The molecule has 0 aromatic heterocycles. The van der Waals surface area contributed by atoms with Gasteiger partial charge in [-0.2, -0.15) is 0 Å². The number of ether oxygens (including phenoxy) is 4. The molecule has 24 heavy (non-hydrogen) atoms. The summed E-state index contributed by atoms with van der Waals surface area (Å²) in [5.41, 5.74) is 0. The van der Waals surface area contributed by atoms with Crippen molar-refractivity contribution >= 4 is 23.8 Å². The number of esters is 3. The van der Waals surface area contributed by atoms with Gasteiger partial charge in [-0.15, -0.1) is 0 Å². The predicted molar refractivity (Wildman–Crippen MR) is 76.2 cm³/mol. The lowest BCUT2D eigenvalue weighted by Crippen LogP contribution is -2.66. The van der Waals surface area contributed by atoms with Crippen LogP contribution in [0, 0.1) is 0 Å². The summed E-state index contributed by atoms with van der Waals surface area (Å²) in [7, 11) is 0. The van der Waals surface area contributed by atoms with Crippen molar-refractivity contribution in [3.8, 4) is 0 Å². The molecule has 1 fully saturated rings. The minimum atomic E-state index is -1.42. The Kier molecular flexibility index (Phi) is 7.11. The highest BCUT2D eigenvalue weighted by Crippen LogP contribution is 2.25. The van der Waals surface area contributed by atoms with Crippen LogP contribution in [0.25, 0.3) is 0 Å². The Morgan fingerprint density at radius 3 is 2.04 bits per heavy atom. The lowest BCUT2D eigenvalue weighted by atomic mass is 9.96. The number of carbonyl (C=O) groups excluding carboxylic acids is 4. The molecule has 1 aliphatic rings. The highest BCUT2D eigenvalue weighted by molar-refractivity contribution is 5.74. The fourth-order valence-corrected chi connectivity index (χ4v) is 2.24. The van der Waals surface area contributed by atoms with Crippen LogP contribution in [0.1, 0.15) is 27.7 Å². The molecule has 1 aliphatic heterocycles. The molecule has 136 valence electrons. The number of hydrogen-bond donors (Lipinski definition) is 2. The van der Waals surface area contributed by atoms with Gasteiger partial charge in [-0.3, -0.25) is 19.2 Å². The summed E-state index contributed by atoms with van der Waals surface area (Å²) < 4.78 is 20.2. The van der Waals surface area contributed by atoms with Gasteiger partial charge < -0.3 is 29.4 Å². The number of carbonyl (C=O) groups is 4. The van der Waals surface area contributed by atoms with E-state index < -0.39 is 54.5 Å². The van der Waals surface area contributed by atoms with Gasteiger partial charge in [-0.25, -0.2) is 0 Å². The molecule has 0 aromatic rings. The Labute approximate surface area is 138 Å². The van der Waals surface area contributed by atoms with Gasteiger partial charge in [-0.05, 0) is 0 Å². The quantitative estimate of drug-likeness (QED) is 0.456. The summed E-state index contributed by atoms with van der Waals surface area (Å²) in [5.74, 6) is -2.55. The normalized spacial score (nSPS) is 29.3. The maximum Gasteiger partial charge on any atom is 0.305 e. The molecule has 0 unspecified atom stereocenters. The first-order valence-corrected chi connectivity index (χ1v) is 7.20. The van der Waals surface area contributed by atoms with Gasteiger partial charge in [0.2, 0.25) is 12.2 Å². The van der Waals surface area contributed by atoms with Crippen LogP contribution in [-0.4, -0.2) is 66.2 Å². The van der Waals surface area contributed by atoms with Crippen LogP contribution in [0.3, 0.4) is 0 Å². The van der Waals surface area contributed by atoms with Crippen LogP contribution >= 0.6 is 0 Å². The van der Waals surface area contributed by atoms with Gasteiger partial charge in [0.25, 0.3) is 0 Å². The predicted octanol–water partition coefficient (Wildman–Crippen LogP) is -1.37. The fraction of sp³-hybridized carbons (Fsp3) is 0.714. The number of aliphatic hydroxyl groups excluding tert-OH is 1. The second-order valence-corrected chi connectivity index (χ2v) is 5.25. The summed E-state index contributed by atoms with van der Waals surface area (Å²) in [6, 6.07) is -1.13. The van der Waals surface area contributed by atoms with E-state index in [2.05, 4.69) is 5.32 Å². The molecule has 10 heteroatoms. The van der Waals surface area contributed by atoms with Gasteiger partial charge in [0, 0.05) is 27.7 Å². The second kappa shape index (κ2) is 8.60. The highest BCUT2D eigenvalue weighted by Gasteiger charge is 2.49. The molecule has 0 radical (unpaired) electrons. The van der Waals surface area contributed by atoms with Gasteiger partial charge in [0.15, 0.2) is 6.10 Å². The zero-order chi connectivity index (χ0) is 18.4. The zero-order valence-electron chi connectivity index (χ0n) is 13.8. The van der Waals surface area contributed by atoms with Gasteiger partial charge >= 0.3 is 17.9 Å². The molecule has 0 spiro atoms. The van der Waals surface area contributed by atoms with E-state index in [1.54, 1.807) is 0 Å². The summed E-state index contributed by atoms with van der Waals surface area (Å²) in [5, 5.41) is 12.8. The van der Waals surface area contributed by atoms with E-state index >= 15 is 0 Å². The Morgan fingerprint density at radius 2 is 1.58 bits per heavy atom. The van der Waals surface area contributed by atoms with Crippen LogP contribution in [-0.2, 0) is 38.1 Å². The van der Waals surface area contributed by atoms with E-state index in [1.165, 1.54) is 13.8 Å². The van der Waals surface area contributed by atoms with E-state index in [9.17, 15) is 24.3 Å². The van der Waals surface area contributed by atoms with Crippen molar-refractivity contribution in [3.05, 3.63) is 0 Å². The first kappa shape index (κ1) is 19.8. The molecule has 0 bridgehead atoms. The molecular weight excluding hydrogens is 326 g/mol. The highest BCUT2D eigenvalue weighted by atomic mass is 16.7. The topological polar surface area (TPSA) is 137 Å². The Bertz CT molecular complexity index is 506. The molecule has 5 atom stereocenters. The van der Waals surface area contributed by atoms with Crippen molar-refractivity contribution in [2.45, 2.75) is 58.3 Å². The van der Waals surface area contributed by atoms with Crippen molar-refractivity contribution in [2.75, 3.05) is 6.61 Å². The van der Waals surface area contributed by atoms with E-state index in [-0.39, 0.29) is 6.61 Å². The minimum absolute atomic E-state index is 0.348. The van der Waals surface area contributed by atoms with Crippen molar-refractivity contribution < 1.29 is 43.2 Å². The van der Waals surface area contributed by atoms with Crippen LogP contribution in [0.5, 0.6) is 0 Å². The maximum atomic E-state index is 11.4. The number of nitrogens with one attached hydrogen (secondary N) is 1. The summed E-state index contributed by atoms with van der Waals surface area (Å²) in [4.78, 5) is 44.9. The van der Waals surface area contributed by atoms with Crippen LogP contribution in [0.15, 0.2) is 0 Å². The molecule has 0 aromatic carbocycles. The van der Waals surface area contributed by atoms with Crippen LogP contribution in [0.4, 0.5) is 0 Å². The molecule has 0 aliphatic carbocycles.